The van der Waals surface area contributed by atoms with Crippen LogP contribution < -0.4 is 5.32 Å². The zero-order valence-corrected chi connectivity index (χ0v) is 13.6. The second-order valence-electron chi connectivity index (χ2n) is 6.66. The summed E-state index contributed by atoms with van der Waals surface area (Å²) in [6.45, 7) is 1.49. The van der Waals surface area contributed by atoms with Crippen LogP contribution in [0.3, 0.4) is 0 Å². The molecule has 1 aliphatic carbocycles. The van der Waals surface area contributed by atoms with E-state index < -0.39 is 0 Å². The highest BCUT2D eigenvalue weighted by Gasteiger charge is 2.27. The van der Waals surface area contributed by atoms with E-state index in [0.29, 0.717) is 11.9 Å². The largest absolute Gasteiger partial charge is 0.338 e. The number of amides is 1. The van der Waals surface area contributed by atoms with Crippen molar-refractivity contribution >= 4 is 11.9 Å². The summed E-state index contributed by atoms with van der Waals surface area (Å²) in [6, 6.07) is 10.3. The predicted molar refractivity (Wildman–Crippen MR) is 89.9 cm³/mol. The summed E-state index contributed by atoms with van der Waals surface area (Å²) in [5, 5.41) is 7.40. The molecule has 6 heteroatoms. The van der Waals surface area contributed by atoms with Crippen molar-refractivity contribution in [1.82, 2.24) is 15.0 Å². The van der Waals surface area contributed by atoms with Gasteiger partial charge in [0.15, 0.2) is 5.82 Å². The van der Waals surface area contributed by atoms with Crippen LogP contribution in [0.2, 0.25) is 0 Å². The van der Waals surface area contributed by atoms with Crippen molar-refractivity contribution in [1.29, 1.82) is 0 Å². The second-order valence-corrected chi connectivity index (χ2v) is 6.66. The van der Waals surface area contributed by atoms with Crippen LogP contribution in [0.4, 0.5) is 6.01 Å². The molecule has 0 radical (unpaired) electrons. The van der Waals surface area contributed by atoms with Crippen molar-refractivity contribution in [2.24, 2.45) is 0 Å². The van der Waals surface area contributed by atoms with Crippen LogP contribution in [0.5, 0.6) is 0 Å². The lowest BCUT2D eigenvalue weighted by molar-refractivity contribution is 0.0718. The third-order valence-corrected chi connectivity index (χ3v) is 5.04. The number of carbonyl (C=O) groups excluding carboxylic acids is 1. The van der Waals surface area contributed by atoms with Gasteiger partial charge in [0.1, 0.15) is 0 Å². The Balaban J connectivity index is 1.30. The average Bonchev–Trinajstić information content (AvgIpc) is 3.02. The summed E-state index contributed by atoms with van der Waals surface area (Å²) in [5.41, 5.74) is 0.756. The van der Waals surface area contributed by atoms with Crippen molar-refractivity contribution < 1.29 is 9.32 Å². The number of likely N-dealkylation sites (tertiary alicyclic amines) is 1. The van der Waals surface area contributed by atoms with Gasteiger partial charge in [-0.15, -0.1) is 0 Å². The van der Waals surface area contributed by atoms with E-state index in [4.69, 9.17) is 4.52 Å². The summed E-state index contributed by atoms with van der Waals surface area (Å²) < 4.78 is 5.32. The Kier molecular flexibility index (Phi) is 4.19. The molecule has 1 saturated heterocycles. The van der Waals surface area contributed by atoms with Crippen molar-refractivity contribution in [3.8, 4) is 0 Å². The van der Waals surface area contributed by atoms with E-state index in [-0.39, 0.29) is 11.9 Å². The van der Waals surface area contributed by atoms with Gasteiger partial charge in [0.2, 0.25) is 0 Å². The van der Waals surface area contributed by atoms with E-state index in [9.17, 15) is 4.79 Å². The van der Waals surface area contributed by atoms with Gasteiger partial charge in [-0.2, -0.15) is 4.98 Å². The fourth-order valence-corrected chi connectivity index (χ4v) is 3.29. The molecule has 0 spiro atoms. The van der Waals surface area contributed by atoms with E-state index >= 15 is 0 Å². The highest BCUT2D eigenvalue weighted by Crippen LogP contribution is 2.35. The Morgan fingerprint density at radius 1 is 1.12 bits per heavy atom. The zero-order chi connectivity index (χ0) is 16.4. The topological polar surface area (TPSA) is 71.3 Å². The number of hydrogen-bond acceptors (Lipinski definition) is 5. The highest BCUT2D eigenvalue weighted by atomic mass is 16.5. The van der Waals surface area contributed by atoms with E-state index in [0.717, 1.165) is 37.3 Å². The van der Waals surface area contributed by atoms with Crippen LogP contribution in [-0.2, 0) is 0 Å². The number of aromatic nitrogens is 2. The van der Waals surface area contributed by atoms with Gasteiger partial charge >= 0.3 is 6.01 Å². The Labute approximate surface area is 141 Å². The summed E-state index contributed by atoms with van der Waals surface area (Å²) in [7, 11) is 0. The molecule has 2 aromatic rings. The number of nitrogens with one attached hydrogen (secondary N) is 1. The average molecular weight is 326 g/mol. The summed E-state index contributed by atoms with van der Waals surface area (Å²) in [5.74, 6) is 1.43. The number of carbonyl (C=O) groups is 1. The van der Waals surface area contributed by atoms with Crippen molar-refractivity contribution in [2.45, 2.75) is 44.1 Å². The molecule has 1 saturated carbocycles. The van der Waals surface area contributed by atoms with Gasteiger partial charge in [0.05, 0.1) is 0 Å². The molecule has 0 atom stereocenters. The molecule has 6 nitrogen and oxygen atoms in total. The van der Waals surface area contributed by atoms with Gasteiger partial charge in [0.25, 0.3) is 5.91 Å². The fourth-order valence-electron chi connectivity index (χ4n) is 3.29. The van der Waals surface area contributed by atoms with E-state index in [1.54, 1.807) is 0 Å². The van der Waals surface area contributed by atoms with E-state index in [1.807, 2.05) is 35.2 Å². The van der Waals surface area contributed by atoms with Crippen LogP contribution in [0.15, 0.2) is 34.9 Å². The minimum Gasteiger partial charge on any atom is -0.338 e. The number of benzene rings is 1. The Morgan fingerprint density at radius 2 is 1.88 bits per heavy atom. The molecule has 1 aromatic carbocycles. The first kappa shape index (κ1) is 15.2. The lowest BCUT2D eigenvalue weighted by atomic mass is 9.85. The summed E-state index contributed by atoms with van der Waals surface area (Å²) >= 11 is 0. The van der Waals surface area contributed by atoms with E-state index in [1.165, 1.54) is 19.3 Å². The maximum absolute atomic E-state index is 12.4. The second kappa shape index (κ2) is 6.63. The fraction of sp³-hybridized carbons (Fsp3) is 0.500. The maximum Gasteiger partial charge on any atom is 0.321 e. The number of piperidine rings is 1. The third kappa shape index (κ3) is 3.13. The molecule has 2 aliphatic rings. The maximum atomic E-state index is 12.4. The lowest BCUT2D eigenvalue weighted by Gasteiger charge is -2.32. The number of rotatable bonds is 4. The number of anilines is 1. The SMILES string of the molecule is O=C(c1ccccc1)N1CCC(Nc2nc(C3CCC3)no2)CC1. The first-order chi connectivity index (χ1) is 11.8. The van der Waals surface area contributed by atoms with E-state index in [2.05, 4.69) is 15.5 Å². The van der Waals surface area contributed by atoms with Crippen molar-refractivity contribution in [3.63, 3.8) is 0 Å². The Morgan fingerprint density at radius 3 is 2.54 bits per heavy atom. The lowest BCUT2D eigenvalue weighted by Crippen LogP contribution is -2.42. The molecule has 126 valence electrons. The highest BCUT2D eigenvalue weighted by molar-refractivity contribution is 5.94. The Bertz CT molecular complexity index is 688. The van der Waals surface area contributed by atoms with Gasteiger partial charge in [-0.1, -0.05) is 29.8 Å². The molecule has 0 bridgehead atoms. The smallest absolute Gasteiger partial charge is 0.321 e. The Hall–Kier alpha value is -2.37. The molecule has 2 fully saturated rings. The van der Waals surface area contributed by atoms with Crippen LogP contribution in [0, 0.1) is 0 Å². The summed E-state index contributed by atoms with van der Waals surface area (Å²) in [6.07, 6.45) is 5.37. The van der Waals surface area contributed by atoms with Crippen LogP contribution in [-0.4, -0.2) is 40.1 Å². The molecule has 4 rings (SSSR count). The van der Waals surface area contributed by atoms with Crippen LogP contribution >= 0.6 is 0 Å². The van der Waals surface area contributed by atoms with Gasteiger partial charge in [0, 0.05) is 30.6 Å². The van der Waals surface area contributed by atoms with Gasteiger partial charge in [-0.3, -0.25) is 4.79 Å². The van der Waals surface area contributed by atoms with Crippen LogP contribution in [0.25, 0.3) is 0 Å². The van der Waals surface area contributed by atoms with Gasteiger partial charge in [-0.25, -0.2) is 0 Å². The molecule has 1 aromatic heterocycles. The molecule has 1 amide bonds. The quantitative estimate of drug-likeness (QED) is 0.935. The normalized spacial score (nSPS) is 19.1. The number of nitrogens with zero attached hydrogens (tertiary/aromatic N) is 3. The van der Waals surface area contributed by atoms with Crippen molar-refractivity contribution in [2.75, 3.05) is 18.4 Å². The first-order valence-electron chi connectivity index (χ1n) is 8.74. The molecular formula is C18H22N4O2. The molecule has 24 heavy (non-hydrogen) atoms. The minimum atomic E-state index is 0.110. The predicted octanol–water partition coefficient (Wildman–Crippen LogP) is 3.05. The number of hydrogen-bond donors (Lipinski definition) is 1. The minimum absolute atomic E-state index is 0.110. The van der Waals surface area contributed by atoms with Gasteiger partial charge < -0.3 is 14.7 Å². The standard InChI is InChI=1S/C18H22N4O2/c23-17(14-5-2-1-3-6-14)22-11-9-15(10-12-22)19-18-20-16(21-24-18)13-7-4-8-13/h1-3,5-6,13,15H,4,7-12H2,(H,19,20,21). The molecule has 1 aliphatic heterocycles. The van der Waals surface area contributed by atoms with Crippen molar-refractivity contribution in [3.05, 3.63) is 41.7 Å². The molecule has 0 unspecified atom stereocenters. The summed E-state index contributed by atoms with van der Waals surface area (Å²) in [4.78, 5) is 18.8. The molecular weight excluding hydrogens is 304 g/mol. The zero-order valence-electron chi connectivity index (χ0n) is 13.6. The van der Waals surface area contributed by atoms with Gasteiger partial charge in [-0.05, 0) is 37.8 Å². The monoisotopic (exact) mass is 326 g/mol. The third-order valence-electron chi connectivity index (χ3n) is 5.04. The molecule has 2 heterocycles. The first-order valence-corrected chi connectivity index (χ1v) is 8.74. The van der Waals surface area contributed by atoms with Crippen LogP contribution in [0.1, 0.15) is 54.2 Å². The molecule has 1 N–H and O–H groups in total.